The number of hydrogen-bond donors (Lipinski definition) is 1. The lowest BCUT2D eigenvalue weighted by Gasteiger charge is -2.18. The highest BCUT2D eigenvalue weighted by molar-refractivity contribution is 7.80. The van der Waals surface area contributed by atoms with Gasteiger partial charge >= 0.3 is 7.60 Å². The van der Waals surface area contributed by atoms with Crippen LogP contribution in [0.3, 0.4) is 0 Å². The molecule has 0 spiro atoms. The van der Waals surface area contributed by atoms with Gasteiger partial charge < -0.3 is 9.05 Å². The van der Waals surface area contributed by atoms with Gasteiger partial charge in [-0.15, -0.1) is 0 Å². The molecule has 1 unspecified atom stereocenters. The van der Waals surface area contributed by atoms with Gasteiger partial charge in [-0.25, -0.2) is 4.57 Å². The van der Waals surface area contributed by atoms with Crippen molar-refractivity contribution in [2.45, 2.75) is 45.4 Å². The normalized spacial score (nSPS) is 13.4. The molecule has 0 saturated carbocycles. The molecule has 0 N–H and O–H groups in total. The minimum absolute atomic E-state index is 0.0326. The molecule has 0 radical (unpaired) electrons. The van der Waals surface area contributed by atoms with Crippen LogP contribution in [0.15, 0.2) is 24.3 Å². The lowest BCUT2D eigenvalue weighted by atomic mass is 10.1. The van der Waals surface area contributed by atoms with Crippen molar-refractivity contribution in [1.29, 1.82) is 0 Å². The second kappa shape index (κ2) is 11.5. The molecule has 24 heavy (non-hydrogen) atoms. The molecule has 6 nitrogen and oxygen atoms in total. The summed E-state index contributed by atoms with van der Waals surface area (Å²) in [5, 5.41) is 10.6. The maximum Gasteiger partial charge on any atom is 0.379 e. The average molecular weight is 375 g/mol. The summed E-state index contributed by atoms with van der Waals surface area (Å²) in [5.41, 5.74) is -0.0326. The Hall–Kier alpha value is -1.04. The molecule has 8 heteroatoms. The van der Waals surface area contributed by atoms with Gasteiger partial charge in [0, 0.05) is 12.1 Å². The van der Waals surface area contributed by atoms with E-state index in [1.165, 1.54) is 30.7 Å². The molecule has 0 saturated heterocycles. The van der Waals surface area contributed by atoms with Crippen LogP contribution in [0, 0.1) is 10.1 Å². The summed E-state index contributed by atoms with van der Waals surface area (Å²) in [6, 6.07) is 5.54. The fourth-order valence-corrected chi connectivity index (χ4v) is 4.19. The van der Waals surface area contributed by atoms with Gasteiger partial charge in [-0.3, -0.25) is 10.1 Å². The monoisotopic (exact) mass is 375 g/mol. The van der Waals surface area contributed by atoms with Crippen LogP contribution in [0.1, 0.15) is 45.4 Å². The van der Waals surface area contributed by atoms with E-state index >= 15 is 0 Å². The van der Waals surface area contributed by atoms with Crippen molar-refractivity contribution in [3.8, 4) is 5.75 Å². The smallest absolute Gasteiger partial charge is 0.379 e. The van der Waals surface area contributed by atoms with Gasteiger partial charge in [0.15, 0.2) is 0 Å². The molecule has 1 atom stereocenters. The highest BCUT2D eigenvalue weighted by Crippen LogP contribution is 2.49. The van der Waals surface area contributed by atoms with E-state index in [0.29, 0.717) is 18.5 Å². The Morgan fingerprint density at radius 3 is 2.21 bits per heavy atom. The van der Waals surface area contributed by atoms with Gasteiger partial charge in [0.05, 0.1) is 17.7 Å². The molecule has 1 aromatic carbocycles. The summed E-state index contributed by atoms with van der Waals surface area (Å²) in [5.74, 6) is 1.24. The molecule has 0 bridgehead atoms. The summed E-state index contributed by atoms with van der Waals surface area (Å²) in [7, 11) is -3.22. The third kappa shape index (κ3) is 8.18. The van der Waals surface area contributed by atoms with E-state index in [0.717, 1.165) is 37.9 Å². The first kappa shape index (κ1) is 21.0. The third-order valence-corrected chi connectivity index (χ3v) is 5.78. The quantitative estimate of drug-likeness (QED) is 0.162. The number of benzene rings is 1. The molecule has 0 aliphatic carbocycles. The summed E-state index contributed by atoms with van der Waals surface area (Å²) in [6.45, 7) is 2.06. The number of non-ortho nitro benzene ring substituents is 1. The van der Waals surface area contributed by atoms with Crippen LogP contribution in [0.2, 0.25) is 0 Å². The standard InChI is InChI=1S/C16H26NO5PS/c1-2-21-23(20,13-7-5-3-4-6-8-14-24)22-16-11-9-15(10-12-16)17(18)19/h9-12,24H,2-8,13-14H2,1H3. The summed E-state index contributed by atoms with van der Waals surface area (Å²) < 4.78 is 23.6. The number of rotatable bonds is 13. The maximum atomic E-state index is 12.7. The second-order valence-electron chi connectivity index (χ2n) is 5.44. The third-order valence-electron chi connectivity index (χ3n) is 3.46. The summed E-state index contributed by atoms with van der Waals surface area (Å²) in [4.78, 5) is 10.2. The van der Waals surface area contributed by atoms with Crippen molar-refractivity contribution in [3.63, 3.8) is 0 Å². The lowest BCUT2D eigenvalue weighted by Crippen LogP contribution is -2.03. The van der Waals surface area contributed by atoms with Crippen LogP contribution in [-0.2, 0) is 9.09 Å². The maximum absolute atomic E-state index is 12.7. The van der Waals surface area contributed by atoms with E-state index in [9.17, 15) is 14.7 Å². The van der Waals surface area contributed by atoms with Crippen LogP contribution < -0.4 is 4.52 Å². The van der Waals surface area contributed by atoms with Gasteiger partial charge in [0.2, 0.25) is 0 Å². The Balaban J connectivity index is 2.48. The molecule has 136 valence electrons. The van der Waals surface area contributed by atoms with Crippen LogP contribution in [0.4, 0.5) is 5.69 Å². The SMILES string of the molecule is CCOP(=O)(CCCCCCCCS)Oc1ccc([N+](=O)[O-])cc1. The highest BCUT2D eigenvalue weighted by atomic mass is 32.1. The molecule has 1 aromatic rings. The fraction of sp³-hybridized carbons (Fsp3) is 0.625. The lowest BCUT2D eigenvalue weighted by molar-refractivity contribution is -0.384. The Labute approximate surface area is 149 Å². The van der Waals surface area contributed by atoms with Crippen LogP contribution in [0.5, 0.6) is 5.75 Å². The fourth-order valence-electron chi connectivity index (χ4n) is 2.25. The van der Waals surface area contributed by atoms with Gasteiger partial charge in [0.25, 0.3) is 5.69 Å². The van der Waals surface area contributed by atoms with E-state index in [-0.39, 0.29) is 5.69 Å². The minimum Gasteiger partial charge on any atom is -0.424 e. The molecule has 0 aromatic heterocycles. The predicted molar refractivity (Wildman–Crippen MR) is 99.4 cm³/mol. The molecule has 1 rings (SSSR count). The number of unbranched alkanes of at least 4 members (excludes halogenated alkanes) is 5. The molecule has 0 aliphatic rings. The minimum atomic E-state index is -3.22. The van der Waals surface area contributed by atoms with E-state index in [1.54, 1.807) is 6.92 Å². The van der Waals surface area contributed by atoms with Gasteiger partial charge in [-0.1, -0.05) is 25.7 Å². The van der Waals surface area contributed by atoms with Crippen molar-refractivity contribution >= 4 is 25.9 Å². The predicted octanol–water partition coefficient (Wildman–Crippen LogP) is 5.47. The number of nitrogens with zero attached hydrogens (tertiary/aromatic N) is 1. The van der Waals surface area contributed by atoms with E-state index < -0.39 is 12.5 Å². The number of nitro groups is 1. The van der Waals surface area contributed by atoms with Crippen LogP contribution in [0.25, 0.3) is 0 Å². The molecular formula is C16H26NO5PS. The van der Waals surface area contributed by atoms with Crippen LogP contribution in [-0.4, -0.2) is 23.4 Å². The number of nitro benzene ring substituents is 1. The molecular weight excluding hydrogens is 349 g/mol. The largest absolute Gasteiger partial charge is 0.424 e. The summed E-state index contributed by atoms with van der Waals surface area (Å²) in [6.07, 6.45) is 6.65. The number of hydrogen-bond acceptors (Lipinski definition) is 6. The molecule has 0 aliphatic heterocycles. The Kier molecular flexibility index (Phi) is 10.1. The zero-order chi connectivity index (χ0) is 17.8. The first-order valence-corrected chi connectivity index (χ1v) is 10.7. The molecule has 0 amide bonds. The summed E-state index contributed by atoms with van der Waals surface area (Å²) >= 11 is 4.18. The first-order chi connectivity index (χ1) is 11.5. The topological polar surface area (TPSA) is 78.7 Å². The number of thiol groups is 1. The average Bonchev–Trinajstić information content (AvgIpc) is 2.54. The van der Waals surface area contributed by atoms with Gasteiger partial charge in [0.1, 0.15) is 5.75 Å². The zero-order valence-corrected chi connectivity index (χ0v) is 15.8. The second-order valence-corrected chi connectivity index (χ2v) is 8.00. The van der Waals surface area contributed by atoms with Crippen molar-refractivity contribution in [1.82, 2.24) is 0 Å². The van der Waals surface area contributed by atoms with Crippen molar-refractivity contribution in [2.24, 2.45) is 0 Å². The van der Waals surface area contributed by atoms with Gasteiger partial charge in [-0.2, -0.15) is 12.6 Å². The van der Waals surface area contributed by atoms with Crippen LogP contribution >= 0.6 is 20.2 Å². The van der Waals surface area contributed by atoms with E-state index in [2.05, 4.69) is 12.6 Å². The van der Waals surface area contributed by atoms with E-state index in [4.69, 9.17) is 9.05 Å². The molecule has 0 heterocycles. The molecule has 0 fully saturated rings. The Morgan fingerprint density at radius 2 is 1.67 bits per heavy atom. The van der Waals surface area contributed by atoms with Crippen molar-refractivity contribution < 1.29 is 18.5 Å². The first-order valence-electron chi connectivity index (χ1n) is 8.29. The van der Waals surface area contributed by atoms with Gasteiger partial charge in [-0.05, 0) is 37.7 Å². The Bertz CT molecular complexity index is 538. The van der Waals surface area contributed by atoms with Crippen molar-refractivity contribution in [3.05, 3.63) is 34.4 Å². The zero-order valence-electron chi connectivity index (χ0n) is 14.1. The van der Waals surface area contributed by atoms with Crippen molar-refractivity contribution in [2.75, 3.05) is 18.5 Å². The highest BCUT2D eigenvalue weighted by Gasteiger charge is 2.25. The van der Waals surface area contributed by atoms with E-state index in [1.807, 2.05) is 0 Å². The Morgan fingerprint density at radius 1 is 1.08 bits per heavy atom.